The van der Waals surface area contributed by atoms with E-state index in [1.165, 1.54) is 0 Å². The Bertz CT molecular complexity index is 445. The van der Waals surface area contributed by atoms with E-state index in [0.29, 0.717) is 6.61 Å². The molecule has 1 aliphatic heterocycles. The number of ether oxygens (including phenoxy) is 3. The third-order valence-corrected chi connectivity index (χ3v) is 3.44. The van der Waals surface area contributed by atoms with E-state index in [0.717, 1.165) is 17.1 Å². The van der Waals surface area contributed by atoms with Gasteiger partial charge in [0.15, 0.2) is 0 Å². The van der Waals surface area contributed by atoms with Crippen molar-refractivity contribution in [1.29, 1.82) is 0 Å². The number of methoxy groups -OCH3 is 2. The van der Waals surface area contributed by atoms with E-state index in [9.17, 15) is 0 Å². The summed E-state index contributed by atoms with van der Waals surface area (Å²) >= 11 is 0. The summed E-state index contributed by atoms with van der Waals surface area (Å²) in [5, 5.41) is 3.57. The average molecular weight is 265 g/mol. The van der Waals surface area contributed by atoms with E-state index in [1.54, 1.807) is 14.2 Å². The molecule has 1 fully saturated rings. The summed E-state index contributed by atoms with van der Waals surface area (Å²) in [4.78, 5) is 0. The van der Waals surface area contributed by atoms with Crippen molar-refractivity contribution in [3.63, 3.8) is 0 Å². The van der Waals surface area contributed by atoms with Gasteiger partial charge in [0.25, 0.3) is 0 Å². The molecule has 0 aromatic heterocycles. The summed E-state index contributed by atoms with van der Waals surface area (Å²) in [5.74, 6) is 1.59. The molecular formula is C15H23NO3. The Morgan fingerprint density at radius 1 is 1.26 bits per heavy atom. The third-order valence-electron chi connectivity index (χ3n) is 3.44. The van der Waals surface area contributed by atoms with Crippen molar-refractivity contribution in [2.45, 2.75) is 38.5 Å². The lowest BCUT2D eigenvalue weighted by Crippen LogP contribution is -2.55. The topological polar surface area (TPSA) is 39.7 Å². The zero-order valence-corrected chi connectivity index (χ0v) is 12.3. The molecule has 4 nitrogen and oxygen atoms in total. The first-order chi connectivity index (χ1) is 8.96. The van der Waals surface area contributed by atoms with Gasteiger partial charge in [-0.25, -0.2) is 0 Å². The second kappa shape index (κ2) is 5.39. The van der Waals surface area contributed by atoms with Crippen molar-refractivity contribution in [2.75, 3.05) is 20.8 Å². The zero-order valence-electron chi connectivity index (χ0n) is 12.3. The normalized spacial score (nSPS) is 25.9. The summed E-state index contributed by atoms with van der Waals surface area (Å²) in [6, 6.07) is 6.07. The van der Waals surface area contributed by atoms with Crippen LogP contribution in [0.3, 0.4) is 0 Å². The second-order valence-electron chi connectivity index (χ2n) is 5.66. The van der Waals surface area contributed by atoms with E-state index in [2.05, 4.69) is 26.1 Å². The summed E-state index contributed by atoms with van der Waals surface area (Å²) in [6.07, 6.45) is -0.00567. The van der Waals surface area contributed by atoms with Crippen molar-refractivity contribution >= 4 is 0 Å². The van der Waals surface area contributed by atoms with Gasteiger partial charge in [-0.15, -0.1) is 0 Å². The van der Waals surface area contributed by atoms with Gasteiger partial charge in [0.2, 0.25) is 0 Å². The Hall–Kier alpha value is -1.26. The van der Waals surface area contributed by atoms with Gasteiger partial charge in [0.05, 0.1) is 20.8 Å². The quantitative estimate of drug-likeness (QED) is 0.911. The van der Waals surface area contributed by atoms with Gasteiger partial charge in [0.1, 0.15) is 17.6 Å². The van der Waals surface area contributed by atoms with Gasteiger partial charge in [-0.05, 0) is 32.9 Å². The van der Waals surface area contributed by atoms with Crippen LogP contribution in [-0.2, 0) is 4.74 Å². The van der Waals surface area contributed by atoms with E-state index in [4.69, 9.17) is 14.2 Å². The van der Waals surface area contributed by atoms with Crippen LogP contribution in [0.25, 0.3) is 0 Å². The molecule has 1 aromatic carbocycles. The van der Waals surface area contributed by atoms with Crippen LogP contribution in [-0.4, -0.2) is 32.4 Å². The molecule has 1 N–H and O–H groups in total. The molecule has 2 atom stereocenters. The number of benzene rings is 1. The highest BCUT2D eigenvalue weighted by Gasteiger charge is 2.34. The fraction of sp³-hybridized carbons (Fsp3) is 0.600. The molecule has 0 amide bonds. The van der Waals surface area contributed by atoms with E-state index >= 15 is 0 Å². The van der Waals surface area contributed by atoms with Crippen molar-refractivity contribution in [3.05, 3.63) is 23.8 Å². The highest BCUT2D eigenvalue weighted by Crippen LogP contribution is 2.36. The minimum Gasteiger partial charge on any atom is -0.497 e. The van der Waals surface area contributed by atoms with Gasteiger partial charge in [0, 0.05) is 23.2 Å². The standard InChI is InChI=1S/C15H23NO3/c1-10-14(19-9-15(2,3)16-10)12-7-6-11(17-4)8-13(12)18-5/h6-8,10,14,16H,9H2,1-5H3. The van der Waals surface area contributed by atoms with Crippen LogP contribution in [0.1, 0.15) is 32.4 Å². The minimum absolute atomic E-state index is 0.00567. The third kappa shape index (κ3) is 3.01. The number of morpholine rings is 1. The molecule has 2 rings (SSSR count). The minimum atomic E-state index is -0.00567. The van der Waals surface area contributed by atoms with Crippen LogP contribution in [0, 0.1) is 0 Å². The van der Waals surface area contributed by atoms with Crippen molar-refractivity contribution in [2.24, 2.45) is 0 Å². The Morgan fingerprint density at radius 2 is 2.00 bits per heavy atom. The maximum absolute atomic E-state index is 6.02. The second-order valence-corrected chi connectivity index (χ2v) is 5.66. The largest absolute Gasteiger partial charge is 0.497 e. The van der Waals surface area contributed by atoms with Crippen LogP contribution >= 0.6 is 0 Å². The van der Waals surface area contributed by atoms with Gasteiger partial charge >= 0.3 is 0 Å². The van der Waals surface area contributed by atoms with E-state index in [-0.39, 0.29) is 17.7 Å². The molecule has 0 spiro atoms. The van der Waals surface area contributed by atoms with Gasteiger partial charge in [-0.2, -0.15) is 0 Å². The highest BCUT2D eigenvalue weighted by atomic mass is 16.5. The maximum atomic E-state index is 6.02. The first-order valence-electron chi connectivity index (χ1n) is 6.58. The van der Waals surface area contributed by atoms with Gasteiger partial charge in [-0.1, -0.05) is 0 Å². The SMILES string of the molecule is COc1ccc(C2OCC(C)(C)NC2C)c(OC)c1. The average Bonchev–Trinajstić information content (AvgIpc) is 2.37. The van der Waals surface area contributed by atoms with Gasteiger partial charge in [-0.3, -0.25) is 0 Å². The molecule has 4 heteroatoms. The van der Waals surface area contributed by atoms with Crippen molar-refractivity contribution < 1.29 is 14.2 Å². The van der Waals surface area contributed by atoms with Crippen LogP contribution in [0.15, 0.2) is 18.2 Å². The lowest BCUT2D eigenvalue weighted by molar-refractivity contribution is -0.0504. The number of hydrogen-bond donors (Lipinski definition) is 1. The fourth-order valence-corrected chi connectivity index (χ4v) is 2.59. The van der Waals surface area contributed by atoms with E-state index < -0.39 is 0 Å². The molecule has 1 aromatic rings. The van der Waals surface area contributed by atoms with Crippen LogP contribution in [0.2, 0.25) is 0 Å². The molecular weight excluding hydrogens is 242 g/mol. The molecule has 1 heterocycles. The molecule has 1 aliphatic rings. The Balaban J connectivity index is 2.27. The summed E-state index contributed by atoms with van der Waals surface area (Å²) in [7, 11) is 3.32. The molecule has 0 saturated carbocycles. The monoisotopic (exact) mass is 265 g/mol. The predicted octanol–water partition coefficient (Wildman–Crippen LogP) is 2.53. The van der Waals surface area contributed by atoms with E-state index in [1.807, 2.05) is 18.2 Å². The molecule has 106 valence electrons. The maximum Gasteiger partial charge on any atom is 0.128 e. The van der Waals surface area contributed by atoms with Crippen molar-refractivity contribution in [3.8, 4) is 11.5 Å². The summed E-state index contributed by atoms with van der Waals surface area (Å²) < 4.78 is 16.7. The van der Waals surface area contributed by atoms with Gasteiger partial charge < -0.3 is 19.5 Å². The van der Waals surface area contributed by atoms with Crippen LogP contribution in [0.5, 0.6) is 11.5 Å². The molecule has 0 aliphatic carbocycles. The molecule has 0 bridgehead atoms. The Morgan fingerprint density at radius 3 is 2.58 bits per heavy atom. The Labute approximate surface area is 115 Å². The smallest absolute Gasteiger partial charge is 0.128 e. The predicted molar refractivity (Wildman–Crippen MR) is 74.9 cm³/mol. The zero-order chi connectivity index (χ0) is 14.0. The van der Waals surface area contributed by atoms with Crippen molar-refractivity contribution in [1.82, 2.24) is 5.32 Å². The Kier molecular flexibility index (Phi) is 4.02. The highest BCUT2D eigenvalue weighted by molar-refractivity contribution is 5.42. The molecule has 2 unspecified atom stereocenters. The van der Waals surface area contributed by atoms with Crippen LogP contribution in [0.4, 0.5) is 0 Å². The molecule has 0 radical (unpaired) electrons. The van der Waals surface area contributed by atoms with Crippen LogP contribution < -0.4 is 14.8 Å². The lowest BCUT2D eigenvalue weighted by atomic mass is 9.95. The summed E-state index contributed by atoms with van der Waals surface area (Å²) in [5.41, 5.74) is 1.06. The number of nitrogens with one attached hydrogen (secondary N) is 1. The summed E-state index contributed by atoms with van der Waals surface area (Å²) in [6.45, 7) is 7.10. The fourth-order valence-electron chi connectivity index (χ4n) is 2.59. The number of rotatable bonds is 3. The number of hydrogen-bond acceptors (Lipinski definition) is 4. The molecule has 19 heavy (non-hydrogen) atoms. The first-order valence-corrected chi connectivity index (χ1v) is 6.58. The first kappa shape index (κ1) is 14.2. The lowest BCUT2D eigenvalue weighted by Gasteiger charge is -2.41. The molecule has 1 saturated heterocycles.